The zero-order chi connectivity index (χ0) is 33.3. The first kappa shape index (κ1) is 26.2. The van der Waals surface area contributed by atoms with E-state index in [9.17, 15) is 14.4 Å². The molecule has 1 aliphatic carbocycles. The van der Waals surface area contributed by atoms with Gasteiger partial charge in [-0.05, 0) is 37.3 Å². The summed E-state index contributed by atoms with van der Waals surface area (Å²) in [5.74, 6) is 0.297. The lowest BCUT2D eigenvalue weighted by molar-refractivity contribution is -0.129. The number of benzene rings is 1. The van der Waals surface area contributed by atoms with Crippen molar-refractivity contribution in [1.82, 2.24) is 25.7 Å². The van der Waals surface area contributed by atoms with Crippen molar-refractivity contribution in [2.24, 2.45) is 5.92 Å². The Bertz CT molecular complexity index is 1690. The minimum atomic E-state index is -2.75. The maximum Gasteiger partial charge on any atom is 0.273 e. The number of amides is 3. The number of aromatic nitrogens is 2. The molecule has 1 saturated carbocycles. The molecule has 232 valence electrons. The van der Waals surface area contributed by atoms with Gasteiger partial charge in [0, 0.05) is 78.6 Å². The summed E-state index contributed by atoms with van der Waals surface area (Å²) < 4.78 is 34.7. The Morgan fingerprint density at radius 2 is 1.98 bits per heavy atom. The summed E-state index contributed by atoms with van der Waals surface area (Å²) in [5, 5.41) is 21.5. The van der Waals surface area contributed by atoms with E-state index in [-0.39, 0.29) is 34.9 Å². The number of likely N-dealkylation sites (tertiary alicyclic amines) is 1. The van der Waals surface area contributed by atoms with Crippen molar-refractivity contribution in [2.75, 3.05) is 44.4 Å². The topological polar surface area (TPSA) is 147 Å². The zero-order valence-electron chi connectivity index (χ0n) is 27.6. The van der Waals surface area contributed by atoms with Gasteiger partial charge in [-0.1, -0.05) is 6.07 Å². The third-order valence-electron chi connectivity index (χ3n) is 8.24. The van der Waals surface area contributed by atoms with Gasteiger partial charge in [0.25, 0.3) is 5.91 Å². The highest BCUT2D eigenvalue weighted by Crippen LogP contribution is 2.49. The Balaban J connectivity index is 1.29. The summed E-state index contributed by atoms with van der Waals surface area (Å²) in [6.45, 7) is 1.45. The lowest BCUT2D eigenvalue weighted by Gasteiger charge is -2.31. The van der Waals surface area contributed by atoms with Crippen LogP contribution >= 0.6 is 11.3 Å². The molecular weight excluding hydrogens is 582 g/mol. The summed E-state index contributed by atoms with van der Waals surface area (Å²) in [4.78, 5) is 40.1. The Labute approximate surface area is 264 Å². The van der Waals surface area contributed by atoms with E-state index in [1.54, 1.807) is 25.4 Å². The molecule has 12 nitrogen and oxygen atoms in total. The number of methoxy groups -OCH3 is 1. The minimum absolute atomic E-state index is 0.0849. The largest absolute Gasteiger partial charge is 0.494 e. The van der Waals surface area contributed by atoms with Crippen molar-refractivity contribution >= 4 is 46.3 Å². The van der Waals surface area contributed by atoms with Crippen LogP contribution in [0.4, 0.5) is 17.2 Å². The van der Waals surface area contributed by atoms with E-state index in [1.165, 1.54) is 6.07 Å². The summed E-state index contributed by atoms with van der Waals surface area (Å²) in [6, 6.07) is 5.54. The van der Waals surface area contributed by atoms with E-state index in [2.05, 4.69) is 31.5 Å². The molecule has 6 rings (SSSR count). The fourth-order valence-corrected chi connectivity index (χ4v) is 6.60. The Morgan fingerprint density at radius 1 is 1.16 bits per heavy atom. The first-order valence-corrected chi connectivity index (χ1v) is 15.6. The molecule has 4 N–H and O–H groups in total. The van der Waals surface area contributed by atoms with Crippen LogP contribution in [0.5, 0.6) is 11.5 Å². The van der Waals surface area contributed by atoms with Gasteiger partial charge in [0.15, 0.2) is 17.3 Å². The van der Waals surface area contributed by atoms with Gasteiger partial charge in [0.1, 0.15) is 5.75 Å². The van der Waals surface area contributed by atoms with Crippen LogP contribution < -0.4 is 30.7 Å². The van der Waals surface area contributed by atoms with Gasteiger partial charge in [-0.3, -0.25) is 14.4 Å². The van der Waals surface area contributed by atoms with E-state index in [1.807, 2.05) is 22.3 Å². The molecular formula is C31H37N7O5S. The second-order valence-corrected chi connectivity index (χ2v) is 12.1. The Hall–Kier alpha value is -4.23. The zero-order valence-corrected chi connectivity index (χ0v) is 25.4. The minimum Gasteiger partial charge on any atom is -0.494 e. The Kier molecular flexibility index (Phi) is 7.61. The van der Waals surface area contributed by atoms with Crippen molar-refractivity contribution in [1.29, 1.82) is 0 Å². The van der Waals surface area contributed by atoms with Crippen LogP contribution in [-0.2, 0) is 22.6 Å². The summed E-state index contributed by atoms with van der Waals surface area (Å²) >= 11 is 1.60. The highest BCUT2D eigenvalue weighted by atomic mass is 32.1. The number of rotatable bonds is 9. The lowest BCUT2D eigenvalue weighted by Crippen LogP contribution is -2.43. The third kappa shape index (κ3) is 6.20. The molecule has 0 bridgehead atoms. The van der Waals surface area contributed by atoms with Gasteiger partial charge >= 0.3 is 0 Å². The van der Waals surface area contributed by atoms with Crippen molar-refractivity contribution in [3.63, 3.8) is 0 Å². The van der Waals surface area contributed by atoms with Gasteiger partial charge < -0.3 is 35.6 Å². The van der Waals surface area contributed by atoms with Crippen molar-refractivity contribution in [2.45, 2.75) is 51.6 Å². The van der Waals surface area contributed by atoms with Crippen molar-refractivity contribution < 1.29 is 28.0 Å². The van der Waals surface area contributed by atoms with Gasteiger partial charge in [-0.2, -0.15) is 0 Å². The molecule has 1 aromatic carbocycles. The predicted octanol–water partition coefficient (Wildman–Crippen LogP) is 3.70. The van der Waals surface area contributed by atoms with Gasteiger partial charge in [-0.15, -0.1) is 21.5 Å². The van der Waals surface area contributed by atoms with E-state index >= 15 is 0 Å². The molecule has 2 fully saturated rings. The number of hydrogen-bond donors (Lipinski definition) is 4. The highest BCUT2D eigenvalue weighted by molar-refractivity contribution is 7.10. The summed E-state index contributed by atoms with van der Waals surface area (Å²) in [5.41, 5.74) is 3.13. The van der Waals surface area contributed by atoms with Crippen molar-refractivity contribution in [3.05, 3.63) is 39.7 Å². The number of piperidine rings is 1. The molecule has 0 atom stereocenters. The maximum absolute atomic E-state index is 13.0. The van der Waals surface area contributed by atoms with Crippen LogP contribution in [0.15, 0.2) is 23.6 Å². The summed E-state index contributed by atoms with van der Waals surface area (Å²) in [7, 11) is 1.56. The molecule has 0 radical (unpaired) electrons. The highest BCUT2D eigenvalue weighted by Gasteiger charge is 2.31. The quantitative estimate of drug-likeness (QED) is 0.281. The van der Waals surface area contributed by atoms with E-state index < -0.39 is 12.9 Å². The van der Waals surface area contributed by atoms with E-state index in [4.69, 9.17) is 13.6 Å². The number of hydrogen-bond acceptors (Lipinski definition) is 10. The third-order valence-corrected chi connectivity index (χ3v) is 9.20. The number of thiophene rings is 1. The monoisotopic (exact) mass is 622 g/mol. The predicted molar refractivity (Wildman–Crippen MR) is 168 cm³/mol. The molecule has 3 aliphatic rings. The summed E-state index contributed by atoms with van der Waals surface area (Å²) in [6.07, 6.45) is 4.01. The Morgan fingerprint density at radius 3 is 2.70 bits per heavy atom. The number of nitrogens with one attached hydrogen (secondary N) is 4. The average Bonchev–Trinajstić information content (AvgIpc) is 3.83. The van der Waals surface area contributed by atoms with Gasteiger partial charge in [0.2, 0.25) is 11.8 Å². The smallest absolute Gasteiger partial charge is 0.273 e. The van der Waals surface area contributed by atoms with Crippen LogP contribution in [0.25, 0.3) is 11.1 Å². The first-order valence-electron chi connectivity index (χ1n) is 16.2. The fraction of sp³-hybridized carbons (Fsp3) is 0.452. The molecule has 4 heterocycles. The molecule has 0 spiro atoms. The van der Waals surface area contributed by atoms with Gasteiger partial charge in [0.05, 0.1) is 30.0 Å². The second kappa shape index (κ2) is 12.8. The molecule has 1 saturated heterocycles. The SMILES string of the molecule is [2H]C([2H])([2H])NC(=O)c1nnc(NC(=O)C2CC2)cc1Nc1ccc2c(c1OC)-c1csc(CNC3CCN(C(C)=O)CC3)c1OCC2. The molecule has 44 heavy (non-hydrogen) atoms. The fourth-order valence-electron chi connectivity index (χ4n) is 5.67. The molecule has 2 aliphatic heterocycles. The van der Waals surface area contributed by atoms with Crippen LogP contribution in [0.1, 0.15) is 57.6 Å². The second-order valence-electron chi connectivity index (χ2n) is 11.2. The number of ether oxygens (including phenoxy) is 2. The molecule has 2 aromatic heterocycles. The number of anilines is 3. The standard InChI is InChI=1S/C31H37N7O5S/c1-17(39)38-11-8-20(9-12-38)33-15-24-28-21(16-44-24)26-18(10-13-43-28)6-7-22(29(26)42-3)34-23-14-25(35-30(40)19-4-5-19)36-37-27(23)31(41)32-2/h6-7,14,16,19-20,33H,4-5,8-13,15H2,1-3H3,(H,32,41)(H2,34,35,36,40)/i2D3. The van der Waals surface area contributed by atoms with Crippen LogP contribution in [0.3, 0.4) is 0 Å². The number of fused-ring (bicyclic) bond motifs is 3. The van der Waals surface area contributed by atoms with Crippen LogP contribution in [0, 0.1) is 5.92 Å². The number of carbonyl (C=O) groups excluding carboxylic acids is 3. The van der Waals surface area contributed by atoms with Crippen molar-refractivity contribution in [3.8, 4) is 22.6 Å². The molecule has 13 heteroatoms. The molecule has 3 aromatic rings. The molecule has 0 unspecified atom stereocenters. The number of nitrogens with zero attached hydrogens (tertiary/aromatic N) is 3. The van der Waals surface area contributed by atoms with Crippen LogP contribution in [0.2, 0.25) is 0 Å². The van der Waals surface area contributed by atoms with Gasteiger partial charge in [-0.25, -0.2) is 0 Å². The maximum atomic E-state index is 13.0. The molecule has 3 amide bonds. The normalized spacial score (nSPS) is 17.5. The average molecular weight is 623 g/mol. The lowest BCUT2D eigenvalue weighted by atomic mass is 9.97. The number of carbonyl (C=O) groups is 3. The van der Waals surface area contributed by atoms with Crippen LogP contribution in [-0.4, -0.2) is 72.6 Å². The van der Waals surface area contributed by atoms with E-state index in [0.717, 1.165) is 66.1 Å². The van der Waals surface area contributed by atoms with E-state index in [0.29, 0.717) is 37.1 Å². The first-order chi connectivity index (χ1) is 22.5.